The van der Waals surface area contributed by atoms with Crippen molar-refractivity contribution in [3.05, 3.63) is 47.7 Å². The number of benzene rings is 1. The lowest BCUT2D eigenvalue weighted by Crippen LogP contribution is -1.96. The number of phenols is 1. The van der Waals surface area contributed by atoms with E-state index in [4.69, 9.17) is 0 Å². The second-order valence-corrected chi connectivity index (χ2v) is 4.41. The van der Waals surface area contributed by atoms with Crippen LogP contribution >= 0.6 is 0 Å². The summed E-state index contributed by atoms with van der Waals surface area (Å²) in [6.07, 6.45) is 5.42. The third kappa shape index (κ3) is 3.95. The summed E-state index contributed by atoms with van der Waals surface area (Å²) < 4.78 is 0. The highest BCUT2D eigenvalue weighted by Gasteiger charge is 2.12. The summed E-state index contributed by atoms with van der Waals surface area (Å²) >= 11 is 0. The molecule has 0 amide bonds. The summed E-state index contributed by atoms with van der Waals surface area (Å²) in [4.78, 5) is 0. The maximum absolute atomic E-state index is 9.54. The van der Waals surface area contributed by atoms with E-state index < -0.39 is 0 Å². The molecule has 2 N–H and O–H groups in total. The van der Waals surface area contributed by atoms with Crippen LogP contribution in [0, 0.1) is 5.92 Å². The summed E-state index contributed by atoms with van der Waals surface area (Å²) in [6, 6.07) is 7.19. The Balaban J connectivity index is 0.000000771. The SMILES string of the molecule is CC.CC1CC(O)=CC=C(c2ccc(O)cc2)C1. The number of hydrogen-bond donors (Lipinski definition) is 2. The van der Waals surface area contributed by atoms with E-state index in [-0.39, 0.29) is 5.75 Å². The van der Waals surface area contributed by atoms with Crippen LogP contribution in [0.4, 0.5) is 0 Å². The van der Waals surface area contributed by atoms with E-state index in [0.717, 1.165) is 18.4 Å². The summed E-state index contributed by atoms with van der Waals surface area (Å²) in [6.45, 7) is 6.13. The number of aromatic hydroxyl groups is 1. The molecule has 0 fully saturated rings. The largest absolute Gasteiger partial charge is 0.512 e. The molecule has 0 heterocycles. The van der Waals surface area contributed by atoms with Gasteiger partial charge in [0.25, 0.3) is 0 Å². The summed E-state index contributed by atoms with van der Waals surface area (Å²) in [5.41, 5.74) is 2.31. The van der Waals surface area contributed by atoms with Crippen LogP contribution in [0.1, 0.15) is 39.2 Å². The van der Waals surface area contributed by atoms with Crippen molar-refractivity contribution < 1.29 is 10.2 Å². The quantitative estimate of drug-likeness (QED) is 0.755. The van der Waals surface area contributed by atoms with E-state index in [1.165, 1.54) is 5.57 Å². The van der Waals surface area contributed by atoms with Crippen molar-refractivity contribution in [3.8, 4) is 5.75 Å². The van der Waals surface area contributed by atoms with Gasteiger partial charge in [0.1, 0.15) is 5.75 Å². The van der Waals surface area contributed by atoms with E-state index in [9.17, 15) is 10.2 Å². The minimum atomic E-state index is 0.282. The van der Waals surface area contributed by atoms with Gasteiger partial charge < -0.3 is 10.2 Å². The van der Waals surface area contributed by atoms with Gasteiger partial charge in [0, 0.05) is 6.42 Å². The van der Waals surface area contributed by atoms with Crippen LogP contribution in [0.3, 0.4) is 0 Å². The number of rotatable bonds is 1. The second kappa shape index (κ2) is 6.90. The Hall–Kier alpha value is -1.70. The van der Waals surface area contributed by atoms with Gasteiger partial charge in [-0.25, -0.2) is 0 Å². The maximum atomic E-state index is 9.54. The Kier molecular flexibility index (Phi) is 5.50. The zero-order chi connectivity index (χ0) is 13.5. The van der Waals surface area contributed by atoms with Gasteiger partial charge >= 0.3 is 0 Å². The minimum absolute atomic E-state index is 0.282. The van der Waals surface area contributed by atoms with Crippen LogP contribution in [0.25, 0.3) is 5.57 Å². The lowest BCUT2D eigenvalue weighted by Gasteiger charge is -2.11. The van der Waals surface area contributed by atoms with E-state index >= 15 is 0 Å². The molecule has 1 aromatic carbocycles. The Morgan fingerprint density at radius 3 is 2.17 bits per heavy atom. The second-order valence-electron chi connectivity index (χ2n) is 4.41. The predicted octanol–water partition coefficient (Wildman–Crippen LogP) is 4.67. The highest BCUT2D eigenvalue weighted by molar-refractivity contribution is 5.68. The van der Waals surface area contributed by atoms with Crippen molar-refractivity contribution in [1.82, 2.24) is 0 Å². The molecule has 0 saturated carbocycles. The van der Waals surface area contributed by atoms with Crippen molar-refractivity contribution in [2.75, 3.05) is 0 Å². The molecule has 18 heavy (non-hydrogen) atoms. The van der Waals surface area contributed by atoms with Crippen molar-refractivity contribution in [3.63, 3.8) is 0 Å². The Labute approximate surface area is 109 Å². The molecule has 1 aliphatic rings. The van der Waals surface area contributed by atoms with Crippen LogP contribution in [-0.4, -0.2) is 10.2 Å². The summed E-state index contributed by atoms with van der Waals surface area (Å²) in [5.74, 6) is 1.17. The normalized spacial score (nSPS) is 18.9. The molecule has 1 unspecified atom stereocenters. The maximum Gasteiger partial charge on any atom is 0.115 e. The van der Waals surface area contributed by atoms with Gasteiger partial charge in [-0.3, -0.25) is 0 Å². The third-order valence-electron chi connectivity index (χ3n) is 2.84. The predicted molar refractivity (Wildman–Crippen MR) is 76.5 cm³/mol. The fourth-order valence-electron chi connectivity index (χ4n) is 2.03. The number of aliphatic hydroxyl groups excluding tert-OH is 1. The molecular weight excluding hydrogens is 224 g/mol. The number of aliphatic hydroxyl groups is 1. The molecule has 0 aliphatic heterocycles. The van der Waals surface area contributed by atoms with Crippen LogP contribution in [0.2, 0.25) is 0 Å². The average molecular weight is 246 g/mol. The highest BCUT2D eigenvalue weighted by atomic mass is 16.3. The van der Waals surface area contributed by atoms with Gasteiger partial charge in [0.2, 0.25) is 0 Å². The first-order valence-electron chi connectivity index (χ1n) is 6.53. The lowest BCUT2D eigenvalue weighted by molar-refractivity contribution is 0.361. The van der Waals surface area contributed by atoms with Gasteiger partial charge in [-0.1, -0.05) is 39.0 Å². The molecule has 0 spiro atoms. The molecular formula is C16H22O2. The van der Waals surface area contributed by atoms with E-state index in [2.05, 4.69) is 6.92 Å². The minimum Gasteiger partial charge on any atom is -0.512 e. The molecule has 1 atom stereocenters. The first-order chi connectivity index (χ1) is 8.65. The van der Waals surface area contributed by atoms with Crippen molar-refractivity contribution in [2.24, 2.45) is 5.92 Å². The third-order valence-corrected chi connectivity index (χ3v) is 2.84. The molecule has 0 saturated heterocycles. The fourth-order valence-corrected chi connectivity index (χ4v) is 2.03. The van der Waals surface area contributed by atoms with E-state index in [1.807, 2.05) is 32.1 Å². The van der Waals surface area contributed by atoms with Gasteiger partial charge in [0.15, 0.2) is 0 Å². The smallest absolute Gasteiger partial charge is 0.115 e. The first-order valence-corrected chi connectivity index (χ1v) is 6.53. The number of hydrogen-bond acceptors (Lipinski definition) is 2. The number of allylic oxidation sites excluding steroid dienone is 4. The Morgan fingerprint density at radius 2 is 1.56 bits per heavy atom. The van der Waals surface area contributed by atoms with Crippen LogP contribution in [0.15, 0.2) is 42.2 Å². The monoisotopic (exact) mass is 246 g/mol. The lowest BCUT2D eigenvalue weighted by atomic mass is 9.94. The van der Waals surface area contributed by atoms with Gasteiger partial charge in [-0.2, -0.15) is 0 Å². The first kappa shape index (κ1) is 14.4. The summed E-state index contributed by atoms with van der Waals surface area (Å²) in [7, 11) is 0. The molecule has 0 radical (unpaired) electrons. The fraction of sp³-hybridized carbons (Fsp3) is 0.375. The van der Waals surface area contributed by atoms with Gasteiger partial charge in [-0.15, -0.1) is 0 Å². The van der Waals surface area contributed by atoms with Crippen molar-refractivity contribution >= 4 is 5.57 Å². The van der Waals surface area contributed by atoms with E-state index in [0.29, 0.717) is 11.7 Å². The van der Waals surface area contributed by atoms with E-state index in [1.54, 1.807) is 18.2 Å². The van der Waals surface area contributed by atoms with Crippen LogP contribution < -0.4 is 0 Å². The molecule has 2 nitrogen and oxygen atoms in total. The Morgan fingerprint density at radius 1 is 0.944 bits per heavy atom. The van der Waals surface area contributed by atoms with Crippen molar-refractivity contribution in [1.29, 1.82) is 0 Å². The molecule has 2 rings (SSSR count). The average Bonchev–Trinajstić information content (AvgIpc) is 2.54. The molecule has 1 aromatic rings. The highest BCUT2D eigenvalue weighted by Crippen LogP contribution is 2.29. The van der Waals surface area contributed by atoms with Crippen LogP contribution in [0.5, 0.6) is 5.75 Å². The molecule has 2 heteroatoms. The zero-order valence-corrected chi connectivity index (χ0v) is 11.4. The molecule has 98 valence electrons. The number of phenolic OH excluding ortho intramolecular Hbond substituents is 1. The zero-order valence-electron chi connectivity index (χ0n) is 11.4. The molecule has 0 aromatic heterocycles. The van der Waals surface area contributed by atoms with Crippen LogP contribution in [-0.2, 0) is 0 Å². The molecule has 0 bridgehead atoms. The standard InChI is InChI=1S/C14H16O2.C2H6/c1-10-8-12(4-7-14(16)9-10)11-2-5-13(15)6-3-11;1-2/h2-7,10,15-16H,8-9H2,1H3;1-2H3. The van der Waals surface area contributed by atoms with Crippen molar-refractivity contribution in [2.45, 2.75) is 33.6 Å². The Bertz CT molecular complexity index is 427. The van der Waals surface area contributed by atoms with Gasteiger partial charge in [0.05, 0.1) is 5.76 Å². The van der Waals surface area contributed by atoms with Gasteiger partial charge in [-0.05, 0) is 41.7 Å². The summed E-state index contributed by atoms with van der Waals surface area (Å²) in [5, 5.41) is 18.8. The topological polar surface area (TPSA) is 40.5 Å². The molecule has 1 aliphatic carbocycles.